The van der Waals surface area contributed by atoms with Crippen molar-refractivity contribution in [2.75, 3.05) is 0 Å². The van der Waals surface area contributed by atoms with Crippen molar-refractivity contribution in [3.05, 3.63) is 18.0 Å². The van der Waals surface area contributed by atoms with E-state index in [0.29, 0.717) is 5.92 Å². The van der Waals surface area contributed by atoms with Crippen molar-refractivity contribution in [2.45, 2.75) is 39.8 Å². The molecule has 3 nitrogen and oxygen atoms in total. The fourth-order valence-corrected chi connectivity index (χ4v) is 1.24. The lowest BCUT2D eigenvalue weighted by Crippen LogP contribution is -2.25. The molecule has 0 fully saturated rings. The fraction of sp³-hybridized carbons (Fsp3) is 0.700. The number of hydrogen-bond donors (Lipinski definition) is 1. The summed E-state index contributed by atoms with van der Waals surface area (Å²) >= 11 is 0. The average Bonchev–Trinajstić information content (AvgIpc) is 2.52. The number of hydrogen-bond acceptors (Lipinski definition) is 2. The summed E-state index contributed by atoms with van der Waals surface area (Å²) in [6.45, 7) is 7.25. The Morgan fingerprint density at radius 3 is 2.69 bits per heavy atom. The summed E-state index contributed by atoms with van der Waals surface area (Å²) in [6, 6.07) is 0.255. The molecule has 0 aliphatic heterocycles. The standard InChI is InChI=1S/C10H19N3/c1-4-13-7-10(6-12-13)5-8(2)9(3)11/h6-9H,4-5,11H2,1-3H3. The predicted molar refractivity (Wildman–Crippen MR) is 54.4 cm³/mol. The third kappa shape index (κ3) is 2.84. The van der Waals surface area contributed by atoms with Crippen LogP contribution in [-0.4, -0.2) is 15.8 Å². The molecule has 0 spiro atoms. The molecule has 0 aliphatic carbocycles. The van der Waals surface area contributed by atoms with Crippen molar-refractivity contribution in [3.8, 4) is 0 Å². The Kier molecular flexibility index (Phi) is 3.48. The van der Waals surface area contributed by atoms with E-state index in [-0.39, 0.29) is 6.04 Å². The van der Waals surface area contributed by atoms with Gasteiger partial charge in [-0.2, -0.15) is 5.10 Å². The highest BCUT2D eigenvalue weighted by Gasteiger charge is 2.09. The van der Waals surface area contributed by atoms with Gasteiger partial charge in [0.15, 0.2) is 0 Å². The largest absolute Gasteiger partial charge is 0.328 e. The normalized spacial score (nSPS) is 15.7. The van der Waals surface area contributed by atoms with Crippen molar-refractivity contribution in [1.82, 2.24) is 9.78 Å². The van der Waals surface area contributed by atoms with Gasteiger partial charge in [0, 0.05) is 18.8 Å². The Labute approximate surface area is 79.9 Å². The second kappa shape index (κ2) is 4.42. The van der Waals surface area contributed by atoms with Gasteiger partial charge in [0.1, 0.15) is 0 Å². The van der Waals surface area contributed by atoms with Crippen LogP contribution in [0.2, 0.25) is 0 Å². The number of nitrogens with zero attached hydrogens (tertiary/aromatic N) is 2. The zero-order valence-corrected chi connectivity index (χ0v) is 8.70. The topological polar surface area (TPSA) is 43.8 Å². The van der Waals surface area contributed by atoms with Crippen LogP contribution in [0.1, 0.15) is 26.3 Å². The summed E-state index contributed by atoms with van der Waals surface area (Å²) in [7, 11) is 0. The van der Waals surface area contributed by atoms with Crippen molar-refractivity contribution < 1.29 is 0 Å². The maximum absolute atomic E-state index is 5.80. The van der Waals surface area contributed by atoms with Gasteiger partial charge in [0.2, 0.25) is 0 Å². The molecule has 2 atom stereocenters. The van der Waals surface area contributed by atoms with Crippen molar-refractivity contribution >= 4 is 0 Å². The van der Waals surface area contributed by atoms with Crippen molar-refractivity contribution in [2.24, 2.45) is 11.7 Å². The molecule has 0 radical (unpaired) electrons. The molecule has 0 amide bonds. The Morgan fingerprint density at radius 1 is 1.54 bits per heavy atom. The maximum Gasteiger partial charge on any atom is 0.0521 e. The first kappa shape index (κ1) is 10.3. The fourth-order valence-electron chi connectivity index (χ4n) is 1.24. The lowest BCUT2D eigenvalue weighted by atomic mass is 9.97. The van der Waals surface area contributed by atoms with E-state index in [0.717, 1.165) is 13.0 Å². The number of aromatic nitrogens is 2. The summed E-state index contributed by atoms with van der Waals surface area (Å²) in [5.41, 5.74) is 7.08. The molecule has 0 aliphatic rings. The molecule has 1 rings (SSSR count). The SMILES string of the molecule is CCn1cc(CC(C)C(C)N)cn1. The summed E-state index contributed by atoms with van der Waals surface area (Å²) in [6.07, 6.45) is 5.05. The highest BCUT2D eigenvalue weighted by atomic mass is 15.3. The molecule has 2 unspecified atom stereocenters. The van der Waals surface area contributed by atoms with Crippen LogP contribution in [0.5, 0.6) is 0 Å². The van der Waals surface area contributed by atoms with Crippen LogP contribution >= 0.6 is 0 Å². The van der Waals surface area contributed by atoms with Crippen LogP contribution in [0.3, 0.4) is 0 Å². The van der Waals surface area contributed by atoms with Crippen LogP contribution < -0.4 is 5.73 Å². The molecule has 2 N–H and O–H groups in total. The maximum atomic E-state index is 5.80. The summed E-state index contributed by atoms with van der Waals surface area (Å²) in [5.74, 6) is 0.523. The monoisotopic (exact) mass is 181 g/mol. The van der Waals surface area contributed by atoms with Crippen LogP contribution in [-0.2, 0) is 13.0 Å². The van der Waals surface area contributed by atoms with Crippen LogP contribution in [0.15, 0.2) is 12.4 Å². The van der Waals surface area contributed by atoms with Gasteiger partial charge in [0.05, 0.1) is 6.20 Å². The van der Waals surface area contributed by atoms with Gasteiger partial charge in [-0.1, -0.05) is 6.92 Å². The third-order valence-corrected chi connectivity index (χ3v) is 2.47. The van der Waals surface area contributed by atoms with E-state index in [1.165, 1.54) is 5.56 Å². The zero-order chi connectivity index (χ0) is 9.84. The minimum Gasteiger partial charge on any atom is -0.328 e. The molecule has 0 saturated heterocycles. The summed E-state index contributed by atoms with van der Waals surface area (Å²) < 4.78 is 1.95. The zero-order valence-electron chi connectivity index (χ0n) is 8.70. The van der Waals surface area contributed by atoms with Gasteiger partial charge in [-0.3, -0.25) is 4.68 Å². The molecule has 0 saturated carbocycles. The van der Waals surface area contributed by atoms with E-state index in [4.69, 9.17) is 5.73 Å². The Morgan fingerprint density at radius 2 is 2.23 bits per heavy atom. The molecule has 13 heavy (non-hydrogen) atoms. The number of nitrogens with two attached hydrogens (primary N) is 1. The summed E-state index contributed by atoms with van der Waals surface area (Å²) in [4.78, 5) is 0. The van der Waals surface area contributed by atoms with Gasteiger partial charge in [-0.05, 0) is 31.7 Å². The van der Waals surface area contributed by atoms with Crippen LogP contribution in [0.25, 0.3) is 0 Å². The Bertz CT molecular complexity index is 252. The minimum absolute atomic E-state index is 0.255. The molecule has 74 valence electrons. The van der Waals surface area contributed by atoms with Crippen LogP contribution in [0.4, 0.5) is 0 Å². The molecule has 0 bridgehead atoms. The van der Waals surface area contributed by atoms with E-state index in [2.05, 4.69) is 32.1 Å². The van der Waals surface area contributed by atoms with Gasteiger partial charge in [0.25, 0.3) is 0 Å². The molecule has 1 heterocycles. The molecular weight excluding hydrogens is 162 g/mol. The highest BCUT2D eigenvalue weighted by Crippen LogP contribution is 2.09. The quantitative estimate of drug-likeness (QED) is 0.763. The lowest BCUT2D eigenvalue weighted by molar-refractivity contribution is 0.481. The van der Waals surface area contributed by atoms with Gasteiger partial charge in [-0.15, -0.1) is 0 Å². The number of aryl methyl sites for hydroxylation is 1. The molecule has 1 aromatic rings. The summed E-state index contributed by atoms with van der Waals surface area (Å²) in [5, 5.41) is 4.22. The smallest absolute Gasteiger partial charge is 0.0521 e. The predicted octanol–water partition coefficient (Wildman–Crippen LogP) is 1.43. The highest BCUT2D eigenvalue weighted by molar-refractivity contribution is 5.05. The van der Waals surface area contributed by atoms with E-state index in [1.54, 1.807) is 0 Å². The second-order valence-corrected chi connectivity index (χ2v) is 3.74. The van der Waals surface area contributed by atoms with Crippen molar-refractivity contribution in [1.29, 1.82) is 0 Å². The van der Waals surface area contributed by atoms with Crippen LogP contribution in [0, 0.1) is 5.92 Å². The number of rotatable bonds is 4. The molecule has 3 heteroatoms. The molecule has 1 aromatic heterocycles. The van der Waals surface area contributed by atoms with Gasteiger partial charge < -0.3 is 5.73 Å². The minimum atomic E-state index is 0.255. The van der Waals surface area contributed by atoms with E-state index < -0.39 is 0 Å². The first-order valence-corrected chi connectivity index (χ1v) is 4.90. The first-order valence-electron chi connectivity index (χ1n) is 4.90. The van der Waals surface area contributed by atoms with Crippen molar-refractivity contribution in [3.63, 3.8) is 0 Å². The average molecular weight is 181 g/mol. The van der Waals surface area contributed by atoms with E-state index in [9.17, 15) is 0 Å². The third-order valence-electron chi connectivity index (χ3n) is 2.47. The molecular formula is C10H19N3. The lowest BCUT2D eigenvalue weighted by Gasteiger charge is -2.13. The molecule has 0 aromatic carbocycles. The first-order chi connectivity index (χ1) is 6.13. The van der Waals surface area contributed by atoms with E-state index in [1.807, 2.05) is 10.9 Å². The van der Waals surface area contributed by atoms with E-state index >= 15 is 0 Å². The van der Waals surface area contributed by atoms with Gasteiger partial charge >= 0.3 is 0 Å². The second-order valence-electron chi connectivity index (χ2n) is 3.74. The Hall–Kier alpha value is -0.830. The Balaban J connectivity index is 2.53. The van der Waals surface area contributed by atoms with Gasteiger partial charge in [-0.25, -0.2) is 0 Å².